The maximum Gasteiger partial charge on any atom is 0.126 e. The van der Waals surface area contributed by atoms with Crippen LogP contribution in [-0.4, -0.2) is 19.3 Å². The number of aliphatic hydroxyl groups excluding tert-OH is 1. The lowest BCUT2D eigenvalue weighted by Crippen LogP contribution is -2.67. The van der Waals surface area contributed by atoms with Gasteiger partial charge in [0, 0.05) is 0 Å². The van der Waals surface area contributed by atoms with Crippen molar-refractivity contribution in [3.05, 3.63) is 60.7 Å². The first-order valence-corrected chi connectivity index (χ1v) is 11.3. The molecule has 128 valence electrons. The molecule has 0 saturated heterocycles. The van der Waals surface area contributed by atoms with E-state index in [1.54, 1.807) is 0 Å². The van der Waals surface area contributed by atoms with Gasteiger partial charge in [0.25, 0.3) is 0 Å². The fourth-order valence-corrected chi connectivity index (χ4v) is 12.0. The molecule has 1 aliphatic rings. The molecule has 0 aliphatic heterocycles. The number of aliphatic hydroxyl groups is 1. The molecule has 0 unspecified atom stereocenters. The lowest BCUT2D eigenvalue weighted by molar-refractivity contribution is 0.129. The van der Waals surface area contributed by atoms with E-state index in [-0.39, 0.29) is 11.1 Å². The van der Waals surface area contributed by atoms with Crippen LogP contribution in [0, 0.1) is 0 Å². The Morgan fingerprint density at radius 1 is 0.833 bits per heavy atom. The van der Waals surface area contributed by atoms with Gasteiger partial charge in [-0.15, -0.1) is 0 Å². The highest BCUT2D eigenvalue weighted by Gasteiger charge is 2.53. The van der Waals surface area contributed by atoms with E-state index in [9.17, 15) is 5.11 Å². The van der Waals surface area contributed by atoms with Crippen molar-refractivity contribution in [1.82, 2.24) is 0 Å². The molecular formula is C22H30OSi. The van der Waals surface area contributed by atoms with Crippen LogP contribution in [0.3, 0.4) is 0 Å². The predicted octanol–water partition coefficient (Wildman–Crippen LogP) is 4.35. The molecule has 1 aliphatic carbocycles. The zero-order valence-electron chi connectivity index (χ0n) is 15.2. The van der Waals surface area contributed by atoms with E-state index in [2.05, 4.69) is 81.4 Å². The molecule has 2 atom stereocenters. The highest BCUT2D eigenvalue weighted by Crippen LogP contribution is 2.48. The van der Waals surface area contributed by atoms with Gasteiger partial charge in [0.05, 0.1) is 6.10 Å². The summed E-state index contributed by atoms with van der Waals surface area (Å²) in [5.74, 6) is 0. The number of benzene rings is 2. The minimum atomic E-state index is -2.05. The van der Waals surface area contributed by atoms with Gasteiger partial charge >= 0.3 is 0 Å². The molecule has 0 aromatic heterocycles. The van der Waals surface area contributed by atoms with Gasteiger partial charge in [-0.1, -0.05) is 105 Å². The molecule has 0 bridgehead atoms. The molecule has 0 radical (unpaired) electrons. The zero-order chi connectivity index (χ0) is 17.2. The second-order valence-corrected chi connectivity index (χ2v) is 13.4. The molecule has 1 N–H and O–H groups in total. The van der Waals surface area contributed by atoms with E-state index >= 15 is 0 Å². The number of rotatable bonds is 3. The second-order valence-electron chi connectivity index (χ2n) is 8.31. The molecule has 2 aromatic carbocycles. The average Bonchev–Trinajstić information content (AvgIpc) is 2.56. The largest absolute Gasteiger partial charge is 0.393 e. The van der Waals surface area contributed by atoms with E-state index < -0.39 is 8.07 Å². The van der Waals surface area contributed by atoms with E-state index in [0.717, 1.165) is 19.3 Å². The lowest BCUT2D eigenvalue weighted by atomic mass is 9.97. The molecule has 2 aromatic rings. The van der Waals surface area contributed by atoms with Crippen molar-refractivity contribution in [3.63, 3.8) is 0 Å². The summed E-state index contributed by atoms with van der Waals surface area (Å²) in [4.78, 5) is 0. The van der Waals surface area contributed by atoms with Crippen molar-refractivity contribution in [3.8, 4) is 0 Å². The minimum absolute atomic E-state index is 0.134. The first-order chi connectivity index (χ1) is 11.5. The van der Waals surface area contributed by atoms with Gasteiger partial charge in [0.2, 0.25) is 0 Å². The molecule has 1 fully saturated rings. The van der Waals surface area contributed by atoms with Crippen molar-refractivity contribution in [2.45, 2.75) is 63.1 Å². The summed E-state index contributed by atoms with van der Waals surface area (Å²) >= 11 is 0. The maximum atomic E-state index is 10.4. The summed E-state index contributed by atoms with van der Waals surface area (Å²) in [5.41, 5.74) is 0.589. The van der Waals surface area contributed by atoms with Crippen LogP contribution in [0.1, 0.15) is 46.5 Å². The van der Waals surface area contributed by atoms with E-state index in [1.165, 1.54) is 16.8 Å². The number of hydrogen-bond acceptors (Lipinski definition) is 1. The SMILES string of the molecule is CC(C)(C)[Si](c1ccccc1)(c1ccccc1)[C@H]1CCC[C@@H](O)C1. The highest BCUT2D eigenvalue weighted by molar-refractivity contribution is 7.05. The van der Waals surface area contributed by atoms with Crippen molar-refractivity contribution < 1.29 is 5.11 Å². The summed E-state index contributed by atoms with van der Waals surface area (Å²) in [5, 5.41) is 13.6. The van der Waals surface area contributed by atoms with Crippen LogP contribution in [0.4, 0.5) is 0 Å². The quantitative estimate of drug-likeness (QED) is 0.825. The van der Waals surface area contributed by atoms with Gasteiger partial charge in [-0.05, 0) is 23.4 Å². The smallest absolute Gasteiger partial charge is 0.126 e. The predicted molar refractivity (Wildman–Crippen MR) is 106 cm³/mol. The molecule has 1 nitrogen and oxygen atoms in total. The summed E-state index contributed by atoms with van der Waals surface area (Å²) in [6, 6.07) is 22.3. The molecule has 3 rings (SSSR count). The summed E-state index contributed by atoms with van der Waals surface area (Å²) < 4.78 is 0. The van der Waals surface area contributed by atoms with Gasteiger partial charge in [-0.2, -0.15) is 0 Å². The first-order valence-electron chi connectivity index (χ1n) is 9.25. The Balaban J connectivity index is 2.25. The molecule has 0 amide bonds. The standard InChI is InChI=1S/C22H30OSi/c1-22(2,3)24(19-12-6-4-7-13-19,20-14-8-5-9-15-20)21-16-10-11-18(23)17-21/h4-9,12-15,18,21,23H,10-11,16-17H2,1-3H3/t18-,21+/m1/s1. The lowest BCUT2D eigenvalue weighted by Gasteiger charge is -2.51. The van der Waals surface area contributed by atoms with Gasteiger partial charge in [0.15, 0.2) is 0 Å². The third-order valence-electron chi connectivity index (χ3n) is 5.90. The molecule has 2 heteroatoms. The topological polar surface area (TPSA) is 20.2 Å². The Morgan fingerprint density at radius 3 is 1.75 bits per heavy atom. The van der Waals surface area contributed by atoms with E-state index in [0.29, 0.717) is 5.54 Å². The van der Waals surface area contributed by atoms with Crippen LogP contribution in [0.2, 0.25) is 10.6 Å². The Labute approximate surface area is 147 Å². The Kier molecular flexibility index (Phi) is 4.98. The van der Waals surface area contributed by atoms with Gasteiger partial charge in [0.1, 0.15) is 8.07 Å². The minimum Gasteiger partial charge on any atom is -0.393 e. The maximum absolute atomic E-state index is 10.4. The second kappa shape index (κ2) is 6.85. The van der Waals surface area contributed by atoms with Crippen LogP contribution in [-0.2, 0) is 0 Å². The van der Waals surface area contributed by atoms with Crippen molar-refractivity contribution in [1.29, 1.82) is 0 Å². The molecule has 0 heterocycles. The zero-order valence-corrected chi connectivity index (χ0v) is 16.2. The Hall–Kier alpha value is -1.38. The van der Waals surface area contributed by atoms with Crippen LogP contribution in [0.15, 0.2) is 60.7 Å². The van der Waals surface area contributed by atoms with Crippen LogP contribution in [0.5, 0.6) is 0 Å². The monoisotopic (exact) mass is 338 g/mol. The summed E-state index contributed by atoms with van der Waals surface area (Å²) in [6.07, 6.45) is 4.17. The van der Waals surface area contributed by atoms with Crippen molar-refractivity contribution in [2.24, 2.45) is 0 Å². The number of hydrogen-bond donors (Lipinski definition) is 1. The van der Waals surface area contributed by atoms with Gasteiger partial charge in [-0.3, -0.25) is 0 Å². The van der Waals surface area contributed by atoms with Gasteiger partial charge in [-0.25, -0.2) is 0 Å². The van der Waals surface area contributed by atoms with Crippen LogP contribution >= 0.6 is 0 Å². The summed E-state index contributed by atoms with van der Waals surface area (Å²) in [7, 11) is -2.05. The van der Waals surface area contributed by atoms with Gasteiger partial charge < -0.3 is 5.11 Å². The molecule has 24 heavy (non-hydrogen) atoms. The fraction of sp³-hybridized carbons (Fsp3) is 0.455. The van der Waals surface area contributed by atoms with Crippen molar-refractivity contribution in [2.75, 3.05) is 0 Å². The van der Waals surface area contributed by atoms with E-state index in [4.69, 9.17) is 0 Å². The first kappa shape index (κ1) is 17.4. The van der Waals surface area contributed by atoms with Crippen LogP contribution < -0.4 is 10.4 Å². The Bertz CT molecular complexity index is 605. The normalized spacial score (nSPS) is 22.3. The summed E-state index contributed by atoms with van der Waals surface area (Å²) in [6.45, 7) is 7.25. The van der Waals surface area contributed by atoms with Crippen LogP contribution in [0.25, 0.3) is 0 Å². The average molecular weight is 339 g/mol. The fourth-order valence-electron chi connectivity index (χ4n) is 5.08. The van der Waals surface area contributed by atoms with E-state index in [1.807, 2.05) is 0 Å². The molecular weight excluding hydrogens is 308 g/mol. The highest BCUT2D eigenvalue weighted by atomic mass is 28.3. The third kappa shape index (κ3) is 2.98. The Morgan fingerprint density at radius 2 is 1.33 bits per heavy atom. The molecule has 1 saturated carbocycles. The third-order valence-corrected chi connectivity index (χ3v) is 12.5. The molecule has 0 spiro atoms. The van der Waals surface area contributed by atoms with Crippen molar-refractivity contribution >= 4 is 18.4 Å².